The quantitative estimate of drug-likeness (QED) is 0.309. The standard InChI is InChI=1S/C20H20ClN3O5/c21-20-8-12-5-13(9-20)7-19(6-12,11-20)18(25)28-10-16-22-23-17(29-16)14-1-3-15(4-2-14)24(26)27/h1-4,12-13H,5-11H2/t12-,13+,19?,20?. The first-order chi connectivity index (χ1) is 13.8. The van der Waals surface area contributed by atoms with Crippen molar-refractivity contribution in [3.63, 3.8) is 0 Å². The summed E-state index contributed by atoms with van der Waals surface area (Å²) in [5, 5.41) is 18.6. The van der Waals surface area contributed by atoms with E-state index in [0.29, 0.717) is 23.8 Å². The normalized spacial score (nSPS) is 32.3. The van der Waals surface area contributed by atoms with E-state index in [0.717, 1.165) is 25.7 Å². The number of ether oxygens (including phenoxy) is 1. The number of nitro benzene ring substituents is 1. The maximum Gasteiger partial charge on any atom is 0.312 e. The van der Waals surface area contributed by atoms with Crippen LogP contribution in [0.3, 0.4) is 0 Å². The van der Waals surface area contributed by atoms with Gasteiger partial charge >= 0.3 is 5.97 Å². The molecule has 1 aromatic carbocycles. The molecule has 4 fully saturated rings. The number of halogens is 1. The van der Waals surface area contributed by atoms with E-state index in [4.69, 9.17) is 20.8 Å². The zero-order chi connectivity index (χ0) is 20.2. The number of nitrogens with zero attached hydrogens (tertiary/aromatic N) is 3. The summed E-state index contributed by atoms with van der Waals surface area (Å²) in [6.45, 7) is -0.0921. The average Bonchev–Trinajstić information content (AvgIpc) is 3.13. The molecule has 0 saturated heterocycles. The zero-order valence-electron chi connectivity index (χ0n) is 15.7. The van der Waals surface area contributed by atoms with Gasteiger partial charge in [0.1, 0.15) is 0 Å². The fourth-order valence-electron chi connectivity index (χ4n) is 5.82. The molecule has 0 N–H and O–H groups in total. The molecule has 2 unspecified atom stereocenters. The van der Waals surface area contributed by atoms with Crippen LogP contribution in [-0.4, -0.2) is 26.0 Å². The molecule has 1 heterocycles. The molecule has 9 heteroatoms. The van der Waals surface area contributed by atoms with Gasteiger partial charge in [0.2, 0.25) is 5.89 Å². The Balaban J connectivity index is 1.25. The number of hydrogen-bond acceptors (Lipinski definition) is 7. The Morgan fingerprint density at radius 2 is 1.90 bits per heavy atom. The van der Waals surface area contributed by atoms with Crippen LogP contribution in [0.1, 0.15) is 44.4 Å². The molecule has 4 atom stereocenters. The molecule has 4 aliphatic rings. The van der Waals surface area contributed by atoms with Crippen LogP contribution in [0.5, 0.6) is 0 Å². The molecule has 2 aromatic rings. The van der Waals surface area contributed by atoms with E-state index in [1.165, 1.54) is 30.7 Å². The number of esters is 1. The van der Waals surface area contributed by atoms with Gasteiger partial charge in [-0.15, -0.1) is 21.8 Å². The highest BCUT2D eigenvalue weighted by atomic mass is 35.5. The molecule has 1 aromatic heterocycles. The SMILES string of the molecule is O=C(OCc1nnc(-c2ccc([N+](=O)[O-])cc2)o1)C12C[C@@H]3C[C@@H](CC(Cl)(C3)C1)C2. The van der Waals surface area contributed by atoms with E-state index >= 15 is 0 Å². The van der Waals surface area contributed by atoms with Crippen molar-refractivity contribution in [1.82, 2.24) is 10.2 Å². The molecule has 8 nitrogen and oxygen atoms in total. The summed E-state index contributed by atoms with van der Waals surface area (Å²) < 4.78 is 11.1. The minimum atomic E-state index is -0.479. The summed E-state index contributed by atoms with van der Waals surface area (Å²) in [6, 6.07) is 5.82. The Morgan fingerprint density at radius 1 is 1.21 bits per heavy atom. The van der Waals surface area contributed by atoms with Gasteiger partial charge in [0.25, 0.3) is 11.6 Å². The molecule has 0 spiro atoms. The summed E-state index contributed by atoms with van der Waals surface area (Å²) in [6.07, 6.45) is 5.57. The monoisotopic (exact) mass is 417 g/mol. The summed E-state index contributed by atoms with van der Waals surface area (Å²) in [4.78, 5) is 23.0. The summed E-state index contributed by atoms with van der Waals surface area (Å²) >= 11 is 6.79. The molecule has 4 saturated carbocycles. The molecule has 4 bridgehead atoms. The van der Waals surface area contributed by atoms with Crippen LogP contribution in [0.25, 0.3) is 11.5 Å². The highest BCUT2D eigenvalue weighted by Crippen LogP contribution is 2.64. The third-order valence-corrected chi connectivity index (χ3v) is 6.98. The predicted molar refractivity (Wildman–Crippen MR) is 102 cm³/mol. The molecule has 29 heavy (non-hydrogen) atoms. The van der Waals surface area contributed by atoms with E-state index in [1.807, 2.05) is 0 Å². The third-order valence-electron chi connectivity index (χ3n) is 6.54. The number of nitro groups is 1. The van der Waals surface area contributed by atoms with Crippen molar-refractivity contribution in [2.45, 2.75) is 50.0 Å². The number of rotatable bonds is 5. The van der Waals surface area contributed by atoms with E-state index < -0.39 is 10.3 Å². The number of aromatic nitrogens is 2. The van der Waals surface area contributed by atoms with E-state index in [-0.39, 0.29) is 34.9 Å². The summed E-state index contributed by atoms with van der Waals surface area (Å²) in [7, 11) is 0. The van der Waals surface area contributed by atoms with Gasteiger partial charge in [0.05, 0.1) is 10.3 Å². The molecule has 0 aliphatic heterocycles. The van der Waals surface area contributed by atoms with Gasteiger partial charge in [0, 0.05) is 22.6 Å². The number of alkyl halides is 1. The summed E-state index contributed by atoms with van der Waals surface area (Å²) in [5.74, 6) is 1.22. The van der Waals surface area contributed by atoms with Gasteiger partial charge in [-0.1, -0.05) is 0 Å². The third kappa shape index (κ3) is 3.29. The molecule has 4 aliphatic carbocycles. The lowest BCUT2D eigenvalue weighted by Crippen LogP contribution is -2.56. The smallest absolute Gasteiger partial charge is 0.312 e. The molecule has 152 valence electrons. The van der Waals surface area contributed by atoms with E-state index in [9.17, 15) is 14.9 Å². The Hall–Kier alpha value is -2.48. The Morgan fingerprint density at radius 3 is 2.52 bits per heavy atom. The lowest BCUT2D eigenvalue weighted by molar-refractivity contribution is -0.384. The van der Waals surface area contributed by atoms with Crippen molar-refractivity contribution >= 4 is 23.3 Å². The van der Waals surface area contributed by atoms with Gasteiger partial charge in [-0.2, -0.15) is 0 Å². The Kier molecular flexibility index (Phi) is 4.17. The molecule has 0 amide bonds. The number of carbonyl (C=O) groups excluding carboxylic acids is 1. The second kappa shape index (κ2) is 6.52. The van der Waals surface area contributed by atoms with Crippen LogP contribution in [-0.2, 0) is 16.1 Å². The second-order valence-corrected chi connectivity index (χ2v) is 9.58. The van der Waals surface area contributed by atoms with Gasteiger partial charge in [-0.25, -0.2) is 0 Å². The minimum absolute atomic E-state index is 0.0185. The molecule has 0 radical (unpaired) electrons. The van der Waals surface area contributed by atoms with Crippen LogP contribution >= 0.6 is 11.6 Å². The Labute approximate surface area is 171 Å². The predicted octanol–water partition coefficient (Wildman–Crippen LogP) is 4.27. The number of carbonyl (C=O) groups is 1. The number of non-ortho nitro benzene ring substituents is 1. The molecular formula is C20H20ClN3O5. The van der Waals surface area contributed by atoms with Crippen molar-refractivity contribution < 1.29 is 18.9 Å². The van der Waals surface area contributed by atoms with Crippen LogP contribution in [0, 0.1) is 27.4 Å². The van der Waals surface area contributed by atoms with Crippen molar-refractivity contribution in [2.24, 2.45) is 17.3 Å². The minimum Gasteiger partial charge on any atom is -0.455 e. The molecule has 6 rings (SSSR count). The average molecular weight is 418 g/mol. The van der Waals surface area contributed by atoms with Crippen molar-refractivity contribution in [3.8, 4) is 11.5 Å². The van der Waals surface area contributed by atoms with Crippen molar-refractivity contribution in [1.29, 1.82) is 0 Å². The Bertz CT molecular complexity index is 959. The van der Waals surface area contributed by atoms with Crippen LogP contribution in [0.2, 0.25) is 0 Å². The topological polar surface area (TPSA) is 108 Å². The fourth-order valence-corrected chi connectivity index (χ4v) is 6.52. The summed E-state index contributed by atoms with van der Waals surface area (Å²) in [5.41, 5.74) is 0.0634. The maximum atomic E-state index is 13.0. The highest BCUT2D eigenvalue weighted by molar-refractivity contribution is 6.24. The highest BCUT2D eigenvalue weighted by Gasteiger charge is 2.60. The first kappa shape index (κ1) is 18.5. The van der Waals surface area contributed by atoms with Gasteiger partial charge in [-0.05, 0) is 62.5 Å². The maximum absolute atomic E-state index is 13.0. The fraction of sp³-hybridized carbons (Fsp3) is 0.550. The zero-order valence-corrected chi connectivity index (χ0v) is 16.4. The van der Waals surface area contributed by atoms with Crippen LogP contribution < -0.4 is 0 Å². The van der Waals surface area contributed by atoms with Crippen LogP contribution in [0.4, 0.5) is 5.69 Å². The van der Waals surface area contributed by atoms with Gasteiger partial charge in [0.15, 0.2) is 6.61 Å². The van der Waals surface area contributed by atoms with Gasteiger partial charge < -0.3 is 9.15 Å². The van der Waals surface area contributed by atoms with Gasteiger partial charge in [-0.3, -0.25) is 14.9 Å². The number of benzene rings is 1. The largest absolute Gasteiger partial charge is 0.455 e. The first-order valence-electron chi connectivity index (χ1n) is 9.78. The second-order valence-electron chi connectivity index (χ2n) is 8.77. The van der Waals surface area contributed by atoms with Crippen molar-refractivity contribution in [3.05, 3.63) is 40.3 Å². The number of hydrogen-bond donors (Lipinski definition) is 0. The lowest BCUT2D eigenvalue weighted by Gasteiger charge is -2.58. The van der Waals surface area contributed by atoms with E-state index in [1.54, 1.807) is 0 Å². The lowest BCUT2D eigenvalue weighted by atomic mass is 9.49. The molecular weight excluding hydrogens is 398 g/mol. The van der Waals surface area contributed by atoms with E-state index in [2.05, 4.69) is 10.2 Å². The first-order valence-corrected chi connectivity index (χ1v) is 10.2. The van der Waals surface area contributed by atoms with Crippen LogP contribution in [0.15, 0.2) is 28.7 Å². The van der Waals surface area contributed by atoms with Crippen molar-refractivity contribution in [2.75, 3.05) is 0 Å².